The predicted molar refractivity (Wildman–Crippen MR) is 75.8 cm³/mol. The minimum absolute atomic E-state index is 0.386. The first kappa shape index (κ1) is 15.7. The summed E-state index contributed by atoms with van der Waals surface area (Å²) >= 11 is 1.56. The van der Waals surface area contributed by atoms with Crippen LogP contribution in [0.15, 0.2) is 24.3 Å². The molecule has 0 amide bonds. The normalized spacial score (nSPS) is 11.7. The Bertz CT molecular complexity index is 383. The van der Waals surface area contributed by atoms with Crippen molar-refractivity contribution in [3.8, 4) is 11.5 Å². The van der Waals surface area contributed by atoms with Crippen LogP contribution in [0, 0.1) is 0 Å². The summed E-state index contributed by atoms with van der Waals surface area (Å²) in [5.74, 6) is 2.49. The van der Waals surface area contributed by atoms with Gasteiger partial charge in [0.2, 0.25) is 0 Å². The summed E-state index contributed by atoms with van der Waals surface area (Å²) in [4.78, 5) is 11.1. The van der Waals surface area contributed by atoms with Gasteiger partial charge in [-0.3, -0.25) is 4.79 Å². The Labute approximate surface area is 117 Å². The Kier molecular flexibility index (Phi) is 7.14. The number of benzene rings is 1. The third-order valence-corrected chi connectivity index (χ3v) is 3.41. The van der Waals surface area contributed by atoms with Gasteiger partial charge in [0.25, 0.3) is 0 Å². The fraction of sp³-hybridized carbons (Fsp3) is 0.462. The lowest BCUT2D eigenvalue weighted by molar-refractivity contribution is -0.141. The van der Waals surface area contributed by atoms with E-state index in [1.165, 1.54) is 7.11 Å². The smallest absolute Gasteiger partial charge is 0.323 e. The van der Waals surface area contributed by atoms with Crippen LogP contribution in [-0.4, -0.2) is 44.3 Å². The number of nitrogens with two attached hydrogens (primary N) is 1. The van der Waals surface area contributed by atoms with Gasteiger partial charge in [-0.05, 0) is 24.3 Å². The number of ether oxygens (including phenoxy) is 3. The lowest BCUT2D eigenvalue weighted by Gasteiger charge is -2.09. The van der Waals surface area contributed by atoms with Gasteiger partial charge in [-0.1, -0.05) is 0 Å². The van der Waals surface area contributed by atoms with Crippen molar-refractivity contribution in [3.05, 3.63) is 24.3 Å². The van der Waals surface area contributed by atoms with Crippen molar-refractivity contribution in [2.24, 2.45) is 5.73 Å². The van der Waals surface area contributed by atoms with E-state index in [9.17, 15) is 4.79 Å². The highest BCUT2D eigenvalue weighted by molar-refractivity contribution is 7.99. The molecule has 2 N–H and O–H groups in total. The third kappa shape index (κ3) is 5.85. The second-order valence-electron chi connectivity index (χ2n) is 3.73. The number of thioether (sulfide) groups is 1. The van der Waals surface area contributed by atoms with Crippen molar-refractivity contribution >= 4 is 17.7 Å². The van der Waals surface area contributed by atoms with Gasteiger partial charge in [-0.2, -0.15) is 11.8 Å². The van der Waals surface area contributed by atoms with Crippen LogP contribution in [0.5, 0.6) is 11.5 Å². The van der Waals surface area contributed by atoms with E-state index in [1.54, 1.807) is 18.9 Å². The molecule has 19 heavy (non-hydrogen) atoms. The van der Waals surface area contributed by atoms with Crippen LogP contribution in [0.4, 0.5) is 0 Å². The zero-order chi connectivity index (χ0) is 14.1. The summed E-state index contributed by atoms with van der Waals surface area (Å²) < 4.78 is 15.1. The fourth-order valence-electron chi connectivity index (χ4n) is 1.32. The topological polar surface area (TPSA) is 70.8 Å². The van der Waals surface area contributed by atoms with E-state index in [2.05, 4.69) is 4.74 Å². The van der Waals surface area contributed by atoms with Crippen LogP contribution in [0.25, 0.3) is 0 Å². The average molecular weight is 285 g/mol. The summed E-state index contributed by atoms with van der Waals surface area (Å²) in [6.07, 6.45) is 0. The van der Waals surface area contributed by atoms with Crippen LogP contribution in [0.2, 0.25) is 0 Å². The van der Waals surface area contributed by atoms with Gasteiger partial charge >= 0.3 is 5.97 Å². The number of carbonyl (C=O) groups excluding carboxylic acids is 1. The molecule has 0 aliphatic carbocycles. The second kappa shape index (κ2) is 8.66. The quantitative estimate of drug-likeness (QED) is 0.573. The molecule has 0 radical (unpaired) electrons. The molecule has 1 atom stereocenters. The summed E-state index contributed by atoms with van der Waals surface area (Å²) in [7, 11) is 2.96. The molecule has 1 unspecified atom stereocenters. The van der Waals surface area contributed by atoms with Gasteiger partial charge in [0, 0.05) is 11.5 Å². The molecule has 6 heteroatoms. The van der Waals surface area contributed by atoms with E-state index >= 15 is 0 Å². The van der Waals surface area contributed by atoms with Gasteiger partial charge in [-0.15, -0.1) is 0 Å². The molecule has 0 heterocycles. The van der Waals surface area contributed by atoms with Gasteiger partial charge in [-0.25, -0.2) is 0 Å². The molecule has 0 aliphatic heterocycles. The van der Waals surface area contributed by atoms with Crippen molar-refractivity contribution in [1.29, 1.82) is 0 Å². The van der Waals surface area contributed by atoms with Crippen molar-refractivity contribution in [3.63, 3.8) is 0 Å². The van der Waals surface area contributed by atoms with Crippen molar-refractivity contribution in [2.45, 2.75) is 6.04 Å². The maximum atomic E-state index is 11.1. The minimum Gasteiger partial charge on any atom is -0.497 e. The van der Waals surface area contributed by atoms with Gasteiger partial charge in [0.05, 0.1) is 20.8 Å². The molecule has 106 valence electrons. The van der Waals surface area contributed by atoms with E-state index in [1.807, 2.05) is 24.3 Å². The monoisotopic (exact) mass is 285 g/mol. The molecular weight excluding hydrogens is 266 g/mol. The fourth-order valence-corrected chi connectivity index (χ4v) is 2.08. The Hall–Kier alpha value is -1.40. The van der Waals surface area contributed by atoms with Crippen LogP contribution in [0.1, 0.15) is 0 Å². The van der Waals surface area contributed by atoms with E-state index < -0.39 is 6.04 Å². The molecule has 0 saturated carbocycles. The van der Waals surface area contributed by atoms with Crippen LogP contribution >= 0.6 is 11.8 Å². The molecule has 1 aromatic rings. The Morgan fingerprint density at radius 1 is 1.26 bits per heavy atom. The van der Waals surface area contributed by atoms with Gasteiger partial charge < -0.3 is 19.9 Å². The van der Waals surface area contributed by atoms with Crippen LogP contribution in [0.3, 0.4) is 0 Å². The van der Waals surface area contributed by atoms with E-state index in [4.69, 9.17) is 15.2 Å². The van der Waals surface area contributed by atoms with Crippen molar-refractivity contribution in [2.75, 3.05) is 32.3 Å². The lowest BCUT2D eigenvalue weighted by atomic mass is 10.3. The highest BCUT2D eigenvalue weighted by atomic mass is 32.2. The molecular formula is C13H19NO4S. The molecule has 5 nitrogen and oxygen atoms in total. The largest absolute Gasteiger partial charge is 0.497 e. The second-order valence-corrected chi connectivity index (χ2v) is 4.88. The van der Waals surface area contributed by atoms with E-state index in [0.29, 0.717) is 12.4 Å². The average Bonchev–Trinajstić information content (AvgIpc) is 2.46. The number of methoxy groups -OCH3 is 2. The van der Waals surface area contributed by atoms with Crippen LogP contribution in [-0.2, 0) is 9.53 Å². The Balaban J connectivity index is 2.15. The number of rotatable bonds is 8. The highest BCUT2D eigenvalue weighted by Crippen LogP contribution is 2.17. The maximum Gasteiger partial charge on any atom is 0.323 e. The number of hydrogen-bond acceptors (Lipinski definition) is 6. The molecule has 0 bridgehead atoms. The Morgan fingerprint density at radius 3 is 2.47 bits per heavy atom. The predicted octanol–water partition coefficient (Wildman–Crippen LogP) is 1.31. The SMILES string of the molecule is COC(=O)C(N)CSCCOc1ccc(OC)cc1. The molecule has 0 spiro atoms. The first-order valence-corrected chi connectivity index (χ1v) is 7.01. The molecule has 0 saturated heterocycles. The first-order valence-electron chi connectivity index (χ1n) is 5.85. The summed E-state index contributed by atoms with van der Waals surface area (Å²) in [5.41, 5.74) is 5.60. The maximum absolute atomic E-state index is 11.1. The van der Waals surface area contributed by atoms with Crippen LogP contribution < -0.4 is 15.2 Å². The summed E-state index contributed by atoms with van der Waals surface area (Å²) in [6, 6.07) is 6.81. The minimum atomic E-state index is -0.573. The first-order chi connectivity index (χ1) is 9.17. The Morgan fingerprint density at radius 2 is 1.89 bits per heavy atom. The van der Waals surface area contributed by atoms with E-state index in [0.717, 1.165) is 17.3 Å². The summed E-state index contributed by atoms with van der Waals surface area (Å²) in [6.45, 7) is 0.560. The molecule has 1 rings (SSSR count). The number of carbonyl (C=O) groups is 1. The lowest BCUT2D eigenvalue weighted by Crippen LogP contribution is -2.34. The molecule has 0 aromatic heterocycles. The number of hydrogen-bond donors (Lipinski definition) is 1. The zero-order valence-corrected chi connectivity index (χ0v) is 11.9. The van der Waals surface area contributed by atoms with Gasteiger partial charge in [0.15, 0.2) is 0 Å². The van der Waals surface area contributed by atoms with Crippen molar-refractivity contribution in [1.82, 2.24) is 0 Å². The highest BCUT2D eigenvalue weighted by Gasteiger charge is 2.12. The standard InChI is InChI=1S/C13H19NO4S/c1-16-10-3-5-11(6-4-10)18-7-8-19-9-12(14)13(15)17-2/h3-6,12H,7-9,14H2,1-2H3. The van der Waals surface area contributed by atoms with E-state index in [-0.39, 0.29) is 5.97 Å². The molecule has 1 aromatic carbocycles. The number of esters is 1. The summed E-state index contributed by atoms with van der Waals surface area (Å²) in [5, 5.41) is 0. The molecule has 0 fully saturated rings. The third-order valence-electron chi connectivity index (χ3n) is 2.36. The zero-order valence-electron chi connectivity index (χ0n) is 11.1. The molecule has 0 aliphatic rings. The van der Waals surface area contributed by atoms with Gasteiger partial charge in [0.1, 0.15) is 17.5 Å². The van der Waals surface area contributed by atoms with Crippen molar-refractivity contribution < 1.29 is 19.0 Å².